The molecule has 138 valence electrons. The molecule has 0 aliphatic rings. The fourth-order valence-corrected chi connectivity index (χ4v) is 3.83. The lowest BCUT2D eigenvalue weighted by molar-refractivity contribution is 0.104. The lowest BCUT2D eigenvalue weighted by Gasteiger charge is -2.06. The minimum atomic E-state index is -0.0122. The van der Waals surface area contributed by atoms with Crippen molar-refractivity contribution in [2.75, 3.05) is 11.9 Å². The SMILES string of the molecule is O=C(C=Cc1ccccc1-c1cccs1)c1ccc(OCCCCBr)cc1. The second kappa shape index (κ2) is 10.2. The zero-order valence-electron chi connectivity index (χ0n) is 14.9. The van der Waals surface area contributed by atoms with E-state index in [1.165, 1.54) is 4.88 Å². The molecule has 0 fully saturated rings. The maximum atomic E-state index is 12.5. The number of benzene rings is 2. The van der Waals surface area contributed by atoms with Crippen LogP contribution >= 0.6 is 27.3 Å². The Bertz CT molecular complexity index is 883. The third kappa shape index (κ3) is 5.65. The molecule has 2 nitrogen and oxygen atoms in total. The second-order valence-corrected chi connectivity index (χ2v) is 7.77. The van der Waals surface area contributed by atoms with E-state index in [1.54, 1.807) is 17.4 Å². The maximum absolute atomic E-state index is 12.5. The Morgan fingerprint density at radius 2 is 1.81 bits per heavy atom. The minimum absolute atomic E-state index is 0.0122. The molecular formula is C23H21BrO2S. The molecule has 1 aromatic heterocycles. The van der Waals surface area contributed by atoms with Gasteiger partial charge in [-0.15, -0.1) is 11.3 Å². The van der Waals surface area contributed by atoms with Crippen LogP contribution in [0.4, 0.5) is 0 Å². The van der Waals surface area contributed by atoms with Gasteiger partial charge in [0.25, 0.3) is 0 Å². The first-order valence-electron chi connectivity index (χ1n) is 8.92. The summed E-state index contributed by atoms with van der Waals surface area (Å²) in [6.45, 7) is 0.693. The van der Waals surface area contributed by atoms with E-state index >= 15 is 0 Å². The maximum Gasteiger partial charge on any atom is 0.185 e. The van der Waals surface area contributed by atoms with Gasteiger partial charge >= 0.3 is 0 Å². The van der Waals surface area contributed by atoms with Crippen molar-refractivity contribution in [3.8, 4) is 16.2 Å². The summed E-state index contributed by atoms with van der Waals surface area (Å²) in [6.07, 6.45) is 5.63. The molecule has 27 heavy (non-hydrogen) atoms. The topological polar surface area (TPSA) is 26.3 Å². The van der Waals surface area contributed by atoms with Crippen molar-refractivity contribution in [2.24, 2.45) is 0 Å². The molecule has 0 aliphatic carbocycles. The van der Waals surface area contributed by atoms with Gasteiger partial charge in [0.2, 0.25) is 0 Å². The molecule has 0 unspecified atom stereocenters. The zero-order valence-corrected chi connectivity index (χ0v) is 17.3. The van der Waals surface area contributed by atoms with E-state index in [1.807, 2.05) is 54.6 Å². The van der Waals surface area contributed by atoms with Gasteiger partial charge < -0.3 is 4.74 Å². The van der Waals surface area contributed by atoms with Gasteiger partial charge in [0.15, 0.2) is 5.78 Å². The number of carbonyl (C=O) groups excluding carboxylic acids is 1. The number of ether oxygens (including phenoxy) is 1. The second-order valence-electron chi connectivity index (χ2n) is 6.03. The Morgan fingerprint density at radius 3 is 2.56 bits per heavy atom. The van der Waals surface area contributed by atoms with Crippen LogP contribution in [0.3, 0.4) is 0 Å². The number of hydrogen-bond acceptors (Lipinski definition) is 3. The molecule has 0 amide bonds. The number of unbranched alkanes of at least 4 members (excludes halogenated alkanes) is 1. The molecule has 0 atom stereocenters. The van der Waals surface area contributed by atoms with Crippen LogP contribution in [0, 0.1) is 0 Å². The molecule has 4 heteroatoms. The first-order valence-corrected chi connectivity index (χ1v) is 10.9. The summed E-state index contributed by atoms with van der Waals surface area (Å²) in [5, 5.41) is 3.05. The summed E-state index contributed by atoms with van der Waals surface area (Å²) < 4.78 is 5.68. The predicted molar refractivity (Wildman–Crippen MR) is 118 cm³/mol. The van der Waals surface area contributed by atoms with Crippen molar-refractivity contribution in [1.29, 1.82) is 0 Å². The van der Waals surface area contributed by atoms with E-state index in [9.17, 15) is 4.79 Å². The van der Waals surface area contributed by atoms with E-state index in [4.69, 9.17) is 4.74 Å². The largest absolute Gasteiger partial charge is 0.494 e. The summed E-state index contributed by atoms with van der Waals surface area (Å²) in [5.74, 6) is 0.787. The van der Waals surface area contributed by atoms with E-state index in [0.717, 1.165) is 35.0 Å². The van der Waals surface area contributed by atoms with Gasteiger partial charge in [-0.2, -0.15) is 0 Å². The van der Waals surface area contributed by atoms with Crippen LogP contribution in [0.1, 0.15) is 28.8 Å². The highest BCUT2D eigenvalue weighted by atomic mass is 79.9. The molecule has 0 spiro atoms. The molecule has 0 saturated carbocycles. The highest BCUT2D eigenvalue weighted by molar-refractivity contribution is 9.09. The lowest BCUT2D eigenvalue weighted by Crippen LogP contribution is -1.99. The Kier molecular flexibility index (Phi) is 7.43. The van der Waals surface area contributed by atoms with Crippen LogP contribution in [-0.4, -0.2) is 17.7 Å². The van der Waals surface area contributed by atoms with Crippen LogP contribution in [0.2, 0.25) is 0 Å². The Balaban J connectivity index is 1.66. The van der Waals surface area contributed by atoms with Crippen molar-refractivity contribution in [3.63, 3.8) is 0 Å². The summed E-state index contributed by atoms with van der Waals surface area (Å²) in [7, 11) is 0. The van der Waals surface area contributed by atoms with Gasteiger partial charge in [-0.1, -0.05) is 52.3 Å². The standard InChI is InChI=1S/C23H21BrO2S/c24-15-3-4-16-26-20-12-9-19(10-13-20)22(25)14-11-18-6-1-2-7-21(18)23-8-5-17-27-23/h1-2,5-14,17H,3-4,15-16H2. The van der Waals surface area contributed by atoms with Crippen molar-refractivity contribution in [1.82, 2.24) is 0 Å². The van der Waals surface area contributed by atoms with Crippen LogP contribution in [0.15, 0.2) is 72.1 Å². The van der Waals surface area contributed by atoms with Gasteiger partial charge in [0, 0.05) is 15.8 Å². The molecular weight excluding hydrogens is 420 g/mol. The van der Waals surface area contributed by atoms with Crippen molar-refractivity contribution < 1.29 is 9.53 Å². The molecule has 2 aromatic carbocycles. The van der Waals surface area contributed by atoms with E-state index in [0.29, 0.717) is 12.2 Å². The van der Waals surface area contributed by atoms with Gasteiger partial charge in [0.05, 0.1) is 6.61 Å². The van der Waals surface area contributed by atoms with Gasteiger partial charge in [-0.25, -0.2) is 0 Å². The fraction of sp³-hybridized carbons (Fsp3) is 0.174. The fourth-order valence-electron chi connectivity index (χ4n) is 2.66. The first-order chi connectivity index (χ1) is 13.3. The molecule has 0 bridgehead atoms. The number of ketones is 1. The normalized spacial score (nSPS) is 11.0. The molecule has 0 aliphatic heterocycles. The Labute approximate surface area is 172 Å². The number of alkyl halides is 1. The Morgan fingerprint density at radius 1 is 1.00 bits per heavy atom. The smallest absolute Gasteiger partial charge is 0.185 e. The average Bonchev–Trinajstić information content (AvgIpc) is 3.25. The quantitative estimate of drug-likeness (QED) is 0.157. The molecule has 0 saturated heterocycles. The van der Waals surface area contributed by atoms with Crippen LogP contribution in [-0.2, 0) is 0 Å². The van der Waals surface area contributed by atoms with E-state index in [2.05, 4.69) is 33.4 Å². The molecule has 3 aromatic rings. The predicted octanol–water partition coefficient (Wildman–Crippen LogP) is 6.87. The van der Waals surface area contributed by atoms with Crippen LogP contribution in [0.25, 0.3) is 16.5 Å². The van der Waals surface area contributed by atoms with Crippen molar-refractivity contribution in [3.05, 3.63) is 83.2 Å². The average molecular weight is 441 g/mol. The monoisotopic (exact) mass is 440 g/mol. The van der Waals surface area contributed by atoms with Gasteiger partial charge in [-0.05, 0) is 65.8 Å². The number of hydrogen-bond donors (Lipinski definition) is 0. The lowest BCUT2D eigenvalue weighted by atomic mass is 10.0. The highest BCUT2D eigenvalue weighted by Gasteiger charge is 2.05. The van der Waals surface area contributed by atoms with E-state index in [-0.39, 0.29) is 5.78 Å². The van der Waals surface area contributed by atoms with Gasteiger partial charge in [-0.3, -0.25) is 4.79 Å². The van der Waals surface area contributed by atoms with Crippen LogP contribution in [0.5, 0.6) is 5.75 Å². The summed E-state index contributed by atoms with van der Waals surface area (Å²) in [6, 6.07) is 19.6. The molecule has 0 radical (unpaired) electrons. The molecule has 0 N–H and O–H groups in total. The first kappa shape index (κ1) is 19.6. The number of thiophene rings is 1. The highest BCUT2D eigenvalue weighted by Crippen LogP contribution is 2.28. The number of carbonyl (C=O) groups is 1. The van der Waals surface area contributed by atoms with Crippen molar-refractivity contribution in [2.45, 2.75) is 12.8 Å². The molecule has 1 heterocycles. The third-order valence-corrected chi connectivity index (χ3v) is 5.56. The number of rotatable bonds is 9. The van der Waals surface area contributed by atoms with Gasteiger partial charge in [0.1, 0.15) is 5.75 Å². The number of halogens is 1. The van der Waals surface area contributed by atoms with E-state index < -0.39 is 0 Å². The summed E-state index contributed by atoms with van der Waals surface area (Å²) in [4.78, 5) is 13.7. The molecule has 3 rings (SSSR count). The third-order valence-electron chi connectivity index (χ3n) is 4.10. The minimum Gasteiger partial charge on any atom is -0.494 e. The summed E-state index contributed by atoms with van der Waals surface area (Å²) >= 11 is 5.11. The Hall–Kier alpha value is -2.17. The van der Waals surface area contributed by atoms with Crippen LogP contribution < -0.4 is 4.74 Å². The summed E-state index contributed by atoms with van der Waals surface area (Å²) in [5.41, 5.74) is 2.84. The van der Waals surface area contributed by atoms with Crippen molar-refractivity contribution >= 4 is 39.1 Å². The zero-order chi connectivity index (χ0) is 18.9. The number of allylic oxidation sites excluding steroid dienone is 1.